The van der Waals surface area contributed by atoms with Crippen LogP contribution in [0.4, 0.5) is 10.1 Å². The predicted molar refractivity (Wildman–Crippen MR) is 68.6 cm³/mol. The standard InChI is InChI=1S/C14H12FNO3/c1-10-7-12(15)14(16(17)18)13(8-10)19-9-11-5-3-2-4-6-11/h2-8H,9H2,1H3. The average Bonchev–Trinajstić information content (AvgIpc) is 2.36. The van der Waals surface area contributed by atoms with Gasteiger partial charge in [-0.2, -0.15) is 4.39 Å². The molecule has 0 saturated heterocycles. The van der Waals surface area contributed by atoms with Crippen LogP contribution in [0.25, 0.3) is 0 Å². The second kappa shape index (κ2) is 5.48. The highest BCUT2D eigenvalue weighted by Gasteiger charge is 2.22. The number of aryl methyl sites for hydroxylation is 1. The third-order valence-electron chi connectivity index (χ3n) is 2.59. The molecule has 0 saturated carbocycles. The maximum absolute atomic E-state index is 13.6. The summed E-state index contributed by atoms with van der Waals surface area (Å²) in [5.74, 6) is -0.931. The topological polar surface area (TPSA) is 52.4 Å². The van der Waals surface area contributed by atoms with E-state index in [0.29, 0.717) is 5.56 Å². The minimum atomic E-state index is -0.881. The first kappa shape index (κ1) is 13.0. The van der Waals surface area contributed by atoms with Crippen molar-refractivity contribution in [3.8, 4) is 5.75 Å². The van der Waals surface area contributed by atoms with Gasteiger partial charge >= 0.3 is 5.69 Å². The van der Waals surface area contributed by atoms with E-state index in [1.165, 1.54) is 6.07 Å². The molecule has 4 nitrogen and oxygen atoms in total. The van der Waals surface area contributed by atoms with E-state index in [4.69, 9.17) is 4.74 Å². The van der Waals surface area contributed by atoms with Crippen molar-refractivity contribution in [2.24, 2.45) is 0 Å². The van der Waals surface area contributed by atoms with Crippen molar-refractivity contribution >= 4 is 5.69 Å². The highest BCUT2D eigenvalue weighted by molar-refractivity contribution is 5.49. The zero-order valence-corrected chi connectivity index (χ0v) is 10.3. The van der Waals surface area contributed by atoms with Crippen LogP contribution in [-0.4, -0.2) is 4.92 Å². The summed E-state index contributed by atoms with van der Waals surface area (Å²) >= 11 is 0. The molecule has 5 heteroatoms. The van der Waals surface area contributed by atoms with Crippen molar-refractivity contribution in [3.63, 3.8) is 0 Å². The molecule has 0 aliphatic carbocycles. The van der Waals surface area contributed by atoms with Gasteiger partial charge in [-0.1, -0.05) is 30.3 Å². The van der Waals surface area contributed by atoms with Gasteiger partial charge in [0.1, 0.15) is 6.61 Å². The molecule has 0 radical (unpaired) electrons. The number of hydrogen-bond acceptors (Lipinski definition) is 3. The summed E-state index contributed by atoms with van der Waals surface area (Å²) < 4.78 is 18.9. The number of nitrogens with zero attached hydrogens (tertiary/aromatic N) is 1. The lowest BCUT2D eigenvalue weighted by molar-refractivity contribution is -0.388. The number of halogens is 1. The Morgan fingerprint density at radius 3 is 2.58 bits per heavy atom. The fraction of sp³-hybridized carbons (Fsp3) is 0.143. The Balaban J connectivity index is 2.27. The number of benzene rings is 2. The van der Waals surface area contributed by atoms with E-state index in [9.17, 15) is 14.5 Å². The highest BCUT2D eigenvalue weighted by Crippen LogP contribution is 2.31. The maximum Gasteiger partial charge on any atom is 0.346 e. The molecule has 0 aliphatic heterocycles. The van der Waals surface area contributed by atoms with Gasteiger partial charge in [0.25, 0.3) is 0 Å². The molecular weight excluding hydrogens is 249 g/mol. The van der Waals surface area contributed by atoms with Crippen LogP contribution in [0.5, 0.6) is 5.75 Å². The highest BCUT2D eigenvalue weighted by atomic mass is 19.1. The van der Waals surface area contributed by atoms with Crippen LogP contribution in [0.15, 0.2) is 42.5 Å². The molecule has 0 bridgehead atoms. The summed E-state index contributed by atoms with van der Waals surface area (Å²) in [6.45, 7) is 1.81. The Morgan fingerprint density at radius 1 is 1.26 bits per heavy atom. The fourth-order valence-corrected chi connectivity index (χ4v) is 1.73. The van der Waals surface area contributed by atoms with E-state index in [0.717, 1.165) is 11.6 Å². The second-order valence-corrected chi connectivity index (χ2v) is 4.12. The van der Waals surface area contributed by atoms with Gasteiger partial charge < -0.3 is 4.74 Å². The van der Waals surface area contributed by atoms with Crippen molar-refractivity contribution < 1.29 is 14.1 Å². The molecule has 98 valence electrons. The number of hydrogen-bond donors (Lipinski definition) is 0. The molecule has 0 amide bonds. The second-order valence-electron chi connectivity index (χ2n) is 4.12. The fourth-order valence-electron chi connectivity index (χ4n) is 1.73. The Morgan fingerprint density at radius 2 is 1.95 bits per heavy atom. The van der Waals surface area contributed by atoms with Gasteiger partial charge in [-0.05, 0) is 30.2 Å². The quantitative estimate of drug-likeness (QED) is 0.624. The minimum absolute atomic E-state index is 0.0497. The third-order valence-corrected chi connectivity index (χ3v) is 2.59. The van der Waals surface area contributed by atoms with Crippen LogP contribution in [0, 0.1) is 22.9 Å². The first-order valence-electron chi connectivity index (χ1n) is 5.69. The van der Waals surface area contributed by atoms with Crippen LogP contribution in [0.1, 0.15) is 11.1 Å². The SMILES string of the molecule is Cc1cc(F)c([N+](=O)[O-])c(OCc2ccccc2)c1. The molecule has 2 aromatic carbocycles. The minimum Gasteiger partial charge on any atom is -0.482 e. The molecule has 19 heavy (non-hydrogen) atoms. The molecule has 2 aromatic rings. The normalized spacial score (nSPS) is 10.2. The average molecular weight is 261 g/mol. The first-order chi connectivity index (χ1) is 9.08. The molecule has 0 aromatic heterocycles. The first-order valence-corrected chi connectivity index (χ1v) is 5.69. The van der Waals surface area contributed by atoms with Crippen LogP contribution in [0.3, 0.4) is 0 Å². The Bertz CT molecular complexity index is 599. The van der Waals surface area contributed by atoms with Crippen LogP contribution in [0.2, 0.25) is 0 Å². The van der Waals surface area contributed by atoms with Crippen molar-refractivity contribution in [2.45, 2.75) is 13.5 Å². The summed E-state index contributed by atoms with van der Waals surface area (Å²) in [6.07, 6.45) is 0. The van der Waals surface area contributed by atoms with E-state index in [1.54, 1.807) is 6.92 Å². The Kier molecular flexibility index (Phi) is 3.75. The van der Waals surface area contributed by atoms with Crippen molar-refractivity contribution in [1.29, 1.82) is 0 Å². The number of ether oxygens (including phenoxy) is 1. The molecule has 0 atom stereocenters. The maximum atomic E-state index is 13.6. The summed E-state index contributed by atoms with van der Waals surface area (Å²) in [5.41, 5.74) is 0.811. The molecule has 0 unspecified atom stereocenters. The summed E-state index contributed by atoms with van der Waals surface area (Å²) in [5, 5.41) is 10.9. The van der Waals surface area contributed by atoms with Gasteiger partial charge in [-0.15, -0.1) is 0 Å². The molecule has 0 aliphatic rings. The zero-order chi connectivity index (χ0) is 13.8. The molecule has 0 N–H and O–H groups in total. The smallest absolute Gasteiger partial charge is 0.346 e. The Hall–Kier alpha value is -2.43. The van der Waals surface area contributed by atoms with Crippen LogP contribution >= 0.6 is 0 Å². The molecular formula is C14H12FNO3. The largest absolute Gasteiger partial charge is 0.482 e. The van der Waals surface area contributed by atoms with E-state index < -0.39 is 16.4 Å². The van der Waals surface area contributed by atoms with Crippen molar-refractivity contribution in [2.75, 3.05) is 0 Å². The number of nitro benzene ring substituents is 1. The lowest BCUT2D eigenvalue weighted by Crippen LogP contribution is -2.01. The van der Waals surface area contributed by atoms with Gasteiger partial charge in [0.05, 0.1) is 4.92 Å². The molecule has 0 heterocycles. The molecule has 2 rings (SSSR count). The van der Waals surface area contributed by atoms with Gasteiger partial charge in [-0.25, -0.2) is 0 Å². The summed E-state index contributed by atoms with van der Waals surface area (Å²) in [4.78, 5) is 10.1. The predicted octanol–water partition coefficient (Wildman–Crippen LogP) is 3.62. The Labute approximate surface area is 109 Å². The summed E-state index contributed by atoms with van der Waals surface area (Å²) in [7, 11) is 0. The van der Waals surface area contributed by atoms with Gasteiger partial charge in [-0.3, -0.25) is 10.1 Å². The van der Waals surface area contributed by atoms with Gasteiger partial charge in [0.2, 0.25) is 11.6 Å². The van der Waals surface area contributed by atoms with Gasteiger partial charge in [0.15, 0.2) is 0 Å². The van der Waals surface area contributed by atoms with Crippen LogP contribution in [-0.2, 0) is 6.61 Å². The molecule has 0 spiro atoms. The number of nitro groups is 1. The number of rotatable bonds is 4. The van der Waals surface area contributed by atoms with E-state index in [2.05, 4.69) is 0 Å². The summed E-state index contributed by atoms with van der Waals surface area (Å²) in [6, 6.07) is 11.8. The van der Waals surface area contributed by atoms with E-state index >= 15 is 0 Å². The van der Waals surface area contributed by atoms with Crippen molar-refractivity contribution in [1.82, 2.24) is 0 Å². The zero-order valence-electron chi connectivity index (χ0n) is 10.3. The van der Waals surface area contributed by atoms with Crippen molar-refractivity contribution in [3.05, 3.63) is 69.5 Å². The van der Waals surface area contributed by atoms with E-state index in [1.807, 2.05) is 30.3 Å². The van der Waals surface area contributed by atoms with Crippen LogP contribution < -0.4 is 4.74 Å². The van der Waals surface area contributed by atoms with Gasteiger partial charge in [0, 0.05) is 0 Å². The van der Waals surface area contributed by atoms with E-state index in [-0.39, 0.29) is 12.4 Å². The molecule has 0 fully saturated rings. The lowest BCUT2D eigenvalue weighted by atomic mass is 10.2. The third kappa shape index (κ3) is 3.07. The lowest BCUT2D eigenvalue weighted by Gasteiger charge is -2.08. The monoisotopic (exact) mass is 261 g/mol.